The maximum absolute atomic E-state index is 11.7. The zero-order valence-electron chi connectivity index (χ0n) is 7.62. The normalized spacial score (nSPS) is 22.2. The lowest BCUT2D eigenvalue weighted by Gasteiger charge is -2.02. The van der Waals surface area contributed by atoms with Gasteiger partial charge in [0.1, 0.15) is 0 Å². The number of fused-ring (bicyclic) bond motifs is 1. The summed E-state index contributed by atoms with van der Waals surface area (Å²) in [4.78, 5) is 11.7. The Kier molecular flexibility index (Phi) is 2.40. The first-order valence-corrected chi connectivity index (χ1v) is 5.55. The van der Waals surface area contributed by atoms with Crippen molar-refractivity contribution in [1.29, 1.82) is 0 Å². The highest BCUT2D eigenvalue weighted by Crippen LogP contribution is 2.28. The van der Waals surface area contributed by atoms with Crippen LogP contribution in [0.2, 0.25) is 0 Å². The van der Waals surface area contributed by atoms with Gasteiger partial charge in [0.25, 0.3) is 0 Å². The van der Waals surface area contributed by atoms with Gasteiger partial charge in [-0.2, -0.15) is 11.8 Å². The third-order valence-electron chi connectivity index (χ3n) is 2.31. The van der Waals surface area contributed by atoms with E-state index in [0.717, 1.165) is 11.3 Å². The molecule has 2 rings (SSSR count). The van der Waals surface area contributed by atoms with Gasteiger partial charge in [0, 0.05) is 23.0 Å². The smallest absolute Gasteiger partial charge is 0.164 e. The highest BCUT2D eigenvalue weighted by molar-refractivity contribution is 7.99. The van der Waals surface area contributed by atoms with Gasteiger partial charge in [-0.25, -0.2) is 0 Å². The third kappa shape index (κ3) is 1.78. The fourth-order valence-corrected chi connectivity index (χ4v) is 2.57. The molecule has 1 aliphatic heterocycles. The Labute approximate surface area is 82.5 Å². The van der Waals surface area contributed by atoms with Crippen molar-refractivity contribution in [3.63, 3.8) is 0 Å². The zero-order valence-corrected chi connectivity index (χ0v) is 8.43. The van der Waals surface area contributed by atoms with Crippen LogP contribution in [0.4, 0.5) is 0 Å². The van der Waals surface area contributed by atoms with Gasteiger partial charge < -0.3 is 0 Å². The summed E-state index contributed by atoms with van der Waals surface area (Å²) in [5, 5.41) is 0.458. The maximum Gasteiger partial charge on any atom is 0.164 e. The molecule has 1 nitrogen and oxygen atoms in total. The van der Waals surface area contributed by atoms with Gasteiger partial charge >= 0.3 is 0 Å². The van der Waals surface area contributed by atoms with Crippen LogP contribution >= 0.6 is 11.8 Å². The van der Waals surface area contributed by atoms with Crippen LogP contribution in [-0.4, -0.2) is 11.0 Å². The summed E-state index contributed by atoms with van der Waals surface area (Å²) in [5.41, 5.74) is 2.13. The molecule has 13 heavy (non-hydrogen) atoms. The predicted octanol–water partition coefficient (Wildman–Crippen LogP) is 2.89. The van der Waals surface area contributed by atoms with Gasteiger partial charge in [-0.3, -0.25) is 4.79 Å². The molecule has 68 valence electrons. The van der Waals surface area contributed by atoms with E-state index >= 15 is 0 Å². The van der Waals surface area contributed by atoms with Crippen molar-refractivity contribution in [2.75, 3.05) is 0 Å². The molecule has 1 aromatic carbocycles. The van der Waals surface area contributed by atoms with Gasteiger partial charge in [0.2, 0.25) is 0 Å². The minimum Gasteiger partial charge on any atom is -0.294 e. The van der Waals surface area contributed by atoms with E-state index in [1.807, 2.05) is 30.0 Å². The molecule has 0 spiro atoms. The number of carbonyl (C=O) groups is 1. The molecule has 0 amide bonds. The van der Waals surface area contributed by atoms with Crippen molar-refractivity contribution >= 4 is 17.5 Å². The standard InChI is InChI=1S/C11H12OS/c1-8-6-11(12)10-5-3-2-4-9(10)7-13-8/h2-5,8H,6-7H2,1H3. The van der Waals surface area contributed by atoms with Crippen molar-refractivity contribution in [3.05, 3.63) is 35.4 Å². The largest absolute Gasteiger partial charge is 0.294 e. The summed E-state index contributed by atoms with van der Waals surface area (Å²) in [6.45, 7) is 2.12. The second-order valence-electron chi connectivity index (χ2n) is 3.41. The number of thioether (sulfide) groups is 1. The van der Waals surface area contributed by atoms with Crippen LogP contribution in [0.3, 0.4) is 0 Å². The molecule has 1 aliphatic rings. The second kappa shape index (κ2) is 3.54. The number of Topliss-reactive ketones (excluding diaryl/α,β-unsaturated/α-hetero) is 1. The van der Waals surface area contributed by atoms with Gasteiger partial charge in [0.05, 0.1) is 0 Å². The van der Waals surface area contributed by atoms with E-state index < -0.39 is 0 Å². The van der Waals surface area contributed by atoms with E-state index in [-0.39, 0.29) is 0 Å². The first-order valence-electron chi connectivity index (χ1n) is 4.50. The van der Waals surface area contributed by atoms with Gasteiger partial charge in [-0.05, 0) is 5.56 Å². The number of benzene rings is 1. The quantitative estimate of drug-likeness (QED) is 0.628. The average molecular weight is 192 g/mol. The fraction of sp³-hybridized carbons (Fsp3) is 0.364. The van der Waals surface area contributed by atoms with Crippen LogP contribution in [0, 0.1) is 0 Å². The summed E-state index contributed by atoms with van der Waals surface area (Å²) in [7, 11) is 0. The van der Waals surface area contributed by atoms with E-state index in [0.29, 0.717) is 17.5 Å². The average Bonchev–Trinajstić information content (AvgIpc) is 2.27. The number of hydrogen-bond donors (Lipinski definition) is 0. The van der Waals surface area contributed by atoms with Gasteiger partial charge in [-0.1, -0.05) is 31.2 Å². The molecule has 0 saturated heterocycles. The monoisotopic (exact) mass is 192 g/mol. The Balaban J connectivity index is 2.40. The van der Waals surface area contributed by atoms with Crippen molar-refractivity contribution < 1.29 is 4.79 Å². The topological polar surface area (TPSA) is 17.1 Å². The van der Waals surface area contributed by atoms with Crippen LogP contribution in [0.15, 0.2) is 24.3 Å². The first kappa shape index (κ1) is 8.82. The van der Waals surface area contributed by atoms with Crippen LogP contribution in [0.25, 0.3) is 0 Å². The molecule has 0 radical (unpaired) electrons. The number of rotatable bonds is 0. The molecule has 1 atom stereocenters. The Morgan fingerprint density at radius 3 is 3.00 bits per heavy atom. The molecule has 1 heterocycles. The Morgan fingerprint density at radius 1 is 1.38 bits per heavy atom. The highest BCUT2D eigenvalue weighted by atomic mass is 32.2. The molecular weight excluding hydrogens is 180 g/mol. The number of hydrogen-bond acceptors (Lipinski definition) is 2. The van der Waals surface area contributed by atoms with Crippen molar-refractivity contribution in [3.8, 4) is 0 Å². The third-order valence-corrected chi connectivity index (χ3v) is 3.53. The van der Waals surface area contributed by atoms with E-state index in [1.165, 1.54) is 5.56 Å². The summed E-state index contributed by atoms with van der Waals surface area (Å²) >= 11 is 1.86. The Morgan fingerprint density at radius 2 is 2.15 bits per heavy atom. The summed E-state index contributed by atoms with van der Waals surface area (Å²) in [6.07, 6.45) is 0.682. The molecule has 0 N–H and O–H groups in total. The SMILES string of the molecule is CC1CC(=O)c2ccccc2CS1. The van der Waals surface area contributed by atoms with Crippen LogP contribution in [0.5, 0.6) is 0 Å². The molecule has 1 aromatic rings. The van der Waals surface area contributed by atoms with E-state index in [9.17, 15) is 4.79 Å². The molecule has 0 bridgehead atoms. The van der Waals surface area contributed by atoms with E-state index in [4.69, 9.17) is 0 Å². The molecule has 1 unspecified atom stereocenters. The van der Waals surface area contributed by atoms with Crippen molar-refractivity contribution in [2.45, 2.75) is 24.3 Å². The molecular formula is C11H12OS. The van der Waals surface area contributed by atoms with Gasteiger partial charge in [0.15, 0.2) is 5.78 Å². The lowest BCUT2D eigenvalue weighted by atomic mass is 10.0. The number of ketones is 1. The molecule has 0 aliphatic carbocycles. The minimum atomic E-state index is 0.299. The minimum absolute atomic E-state index is 0.299. The predicted molar refractivity (Wildman–Crippen MR) is 56.1 cm³/mol. The lowest BCUT2D eigenvalue weighted by molar-refractivity contribution is 0.0983. The highest BCUT2D eigenvalue weighted by Gasteiger charge is 2.19. The van der Waals surface area contributed by atoms with Gasteiger partial charge in [-0.15, -0.1) is 0 Å². The molecule has 0 fully saturated rings. The molecule has 0 saturated carbocycles. The summed E-state index contributed by atoms with van der Waals surface area (Å²) in [5.74, 6) is 1.27. The summed E-state index contributed by atoms with van der Waals surface area (Å²) in [6, 6.07) is 7.94. The first-order chi connectivity index (χ1) is 6.27. The summed E-state index contributed by atoms with van der Waals surface area (Å²) < 4.78 is 0. The molecule has 2 heteroatoms. The van der Waals surface area contributed by atoms with Crippen molar-refractivity contribution in [1.82, 2.24) is 0 Å². The van der Waals surface area contributed by atoms with Crippen LogP contribution in [-0.2, 0) is 5.75 Å². The van der Waals surface area contributed by atoms with E-state index in [1.54, 1.807) is 0 Å². The van der Waals surface area contributed by atoms with E-state index in [2.05, 4.69) is 13.0 Å². The molecule has 0 aromatic heterocycles. The fourth-order valence-electron chi connectivity index (χ4n) is 1.58. The van der Waals surface area contributed by atoms with Crippen LogP contribution < -0.4 is 0 Å². The van der Waals surface area contributed by atoms with Crippen LogP contribution in [0.1, 0.15) is 29.3 Å². The Bertz CT molecular complexity index is 333. The van der Waals surface area contributed by atoms with Crippen molar-refractivity contribution in [2.24, 2.45) is 0 Å². The lowest BCUT2D eigenvalue weighted by Crippen LogP contribution is -2.04. The zero-order chi connectivity index (χ0) is 9.26. The maximum atomic E-state index is 11.7. The number of carbonyl (C=O) groups excluding carboxylic acids is 1. The second-order valence-corrected chi connectivity index (χ2v) is 4.83. The Hall–Kier alpha value is -0.760.